The van der Waals surface area contributed by atoms with E-state index in [0.717, 1.165) is 17.7 Å². The van der Waals surface area contributed by atoms with E-state index in [-0.39, 0.29) is 11.5 Å². The second-order valence-electron chi connectivity index (χ2n) is 7.53. The summed E-state index contributed by atoms with van der Waals surface area (Å²) in [6, 6.07) is 4.01. The third-order valence-corrected chi connectivity index (χ3v) is 5.28. The smallest absolute Gasteiger partial charge is 0.337 e. The molecule has 1 aromatic rings. The van der Waals surface area contributed by atoms with Gasteiger partial charge in [0.2, 0.25) is 0 Å². The lowest BCUT2D eigenvalue weighted by atomic mass is 9.96. The number of carbonyl (C=O) groups is 5. The van der Waals surface area contributed by atoms with Crippen molar-refractivity contribution in [2.24, 2.45) is 5.92 Å². The lowest BCUT2D eigenvalue weighted by Gasteiger charge is -2.20. The minimum Gasteiger partial charge on any atom is -0.465 e. The van der Waals surface area contributed by atoms with Crippen molar-refractivity contribution in [2.75, 3.05) is 25.6 Å². The van der Waals surface area contributed by atoms with Gasteiger partial charge in [0, 0.05) is 5.69 Å². The first-order valence-corrected chi connectivity index (χ1v) is 9.44. The lowest BCUT2D eigenvalue weighted by molar-refractivity contribution is -0.150. The maximum atomic E-state index is 12.5. The maximum Gasteiger partial charge on any atom is 0.337 e. The Bertz CT molecular complexity index is 925. The number of hydrogen-bond donors (Lipinski definition) is 2. The first-order chi connectivity index (χ1) is 14.2. The first kappa shape index (κ1) is 21.3. The lowest BCUT2D eigenvalue weighted by Crippen LogP contribution is -2.46. The zero-order valence-electron chi connectivity index (χ0n) is 16.9. The van der Waals surface area contributed by atoms with Crippen LogP contribution in [0.15, 0.2) is 18.2 Å². The molecule has 10 heteroatoms. The summed E-state index contributed by atoms with van der Waals surface area (Å²) in [5.41, 5.74) is 0.332. The topological polar surface area (TPSA) is 131 Å². The van der Waals surface area contributed by atoms with E-state index < -0.39 is 48.5 Å². The van der Waals surface area contributed by atoms with Gasteiger partial charge in [-0.05, 0) is 50.3 Å². The van der Waals surface area contributed by atoms with Crippen LogP contribution in [0.2, 0.25) is 0 Å². The first-order valence-electron chi connectivity index (χ1n) is 9.44. The fourth-order valence-corrected chi connectivity index (χ4v) is 3.31. The van der Waals surface area contributed by atoms with Gasteiger partial charge in [-0.2, -0.15) is 0 Å². The zero-order valence-corrected chi connectivity index (χ0v) is 16.9. The van der Waals surface area contributed by atoms with E-state index in [1.165, 1.54) is 13.2 Å². The maximum absolute atomic E-state index is 12.5. The number of anilines is 1. The van der Waals surface area contributed by atoms with Crippen LogP contribution in [0.5, 0.6) is 0 Å². The Hall–Kier alpha value is -3.43. The largest absolute Gasteiger partial charge is 0.465 e. The van der Waals surface area contributed by atoms with Crippen LogP contribution in [-0.4, -0.2) is 60.5 Å². The van der Waals surface area contributed by atoms with E-state index in [9.17, 15) is 24.0 Å². The van der Waals surface area contributed by atoms with Gasteiger partial charge in [0.05, 0.1) is 12.7 Å². The molecule has 0 spiro atoms. The number of ether oxygens (including phenoxy) is 2. The molecule has 1 aromatic carbocycles. The monoisotopic (exact) mass is 417 g/mol. The molecule has 1 saturated carbocycles. The molecular weight excluding hydrogens is 394 g/mol. The van der Waals surface area contributed by atoms with Crippen molar-refractivity contribution in [1.29, 1.82) is 0 Å². The number of carbonyl (C=O) groups excluding carboxylic acids is 5. The summed E-state index contributed by atoms with van der Waals surface area (Å²) >= 11 is 0. The van der Waals surface area contributed by atoms with Gasteiger partial charge in [-0.25, -0.2) is 9.59 Å². The van der Waals surface area contributed by atoms with E-state index in [1.807, 2.05) is 0 Å². The number of nitrogens with zero attached hydrogens (tertiary/aromatic N) is 1. The van der Waals surface area contributed by atoms with E-state index in [4.69, 9.17) is 4.74 Å². The Labute approximate surface area is 172 Å². The highest BCUT2D eigenvalue weighted by molar-refractivity contribution is 6.09. The minimum atomic E-state index is -0.989. The van der Waals surface area contributed by atoms with E-state index >= 15 is 0 Å². The van der Waals surface area contributed by atoms with Crippen molar-refractivity contribution >= 4 is 35.5 Å². The number of hydrogen-bond acceptors (Lipinski definition) is 7. The van der Waals surface area contributed by atoms with Crippen molar-refractivity contribution < 1.29 is 33.4 Å². The Morgan fingerprint density at radius 2 is 1.97 bits per heavy atom. The van der Waals surface area contributed by atoms with Crippen molar-refractivity contribution in [2.45, 2.75) is 32.2 Å². The number of urea groups is 1. The molecular formula is C20H23N3O7. The Kier molecular flexibility index (Phi) is 5.77. The van der Waals surface area contributed by atoms with Crippen LogP contribution in [0.1, 0.15) is 35.7 Å². The second-order valence-corrected chi connectivity index (χ2v) is 7.53. The van der Waals surface area contributed by atoms with E-state index in [2.05, 4.69) is 15.4 Å². The number of methoxy groups -OCH3 is 1. The molecule has 3 rings (SSSR count). The van der Waals surface area contributed by atoms with Gasteiger partial charge in [-0.3, -0.25) is 19.3 Å². The van der Waals surface area contributed by atoms with Gasteiger partial charge in [0.15, 0.2) is 6.61 Å². The number of rotatable bonds is 7. The SMILES string of the molecule is COC(=O)c1ccc(C)c(NC(=O)COC(=O)CN2C(=O)N[C@@](C)(C3CC3)C2=O)c1. The molecule has 0 radical (unpaired) electrons. The highest BCUT2D eigenvalue weighted by Gasteiger charge is 2.56. The molecule has 1 atom stereocenters. The molecule has 30 heavy (non-hydrogen) atoms. The number of amides is 4. The average molecular weight is 417 g/mol. The summed E-state index contributed by atoms with van der Waals surface area (Å²) < 4.78 is 9.54. The van der Waals surface area contributed by atoms with Gasteiger partial charge < -0.3 is 20.1 Å². The van der Waals surface area contributed by atoms with Crippen molar-refractivity contribution in [3.05, 3.63) is 29.3 Å². The normalized spacial score (nSPS) is 20.6. The van der Waals surface area contributed by atoms with Crippen molar-refractivity contribution in [1.82, 2.24) is 10.2 Å². The molecule has 160 valence electrons. The van der Waals surface area contributed by atoms with Gasteiger partial charge in [-0.15, -0.1) is 0 Å². The number of benzene rings is 1. The highest BCUT2D eigenvalue weighted by Crippen LogP contribution is 2.42. The van der Waals surface area contributed by atoms with Gasteiger partial charge >= 0.3 is 18.0 Å². The quantitative estimate of drug-likeness (QED) is 0.499. The molecule has 1 saturated heterocycles. The number of nitrogens with one attached hydrogen (secondary N) is 2. The molecule has 0 unspecified atom stereocenters. The van der Waals surface area contributed by atoms with Crippen LogP contribution in [0.3, 0.4) is 0 Å². The average Bonchev–Trinajstić information content (AvgIpc) is 3.53. The fraction of sp³-hybridized carbons (Fsp3) is 0.450. The third kappa shape index (κ3) is 4.27. The minimum absolute atomic E-state index is 0.0738. The molecule has 1 aliphatic heterocycles. The summed E-state index contributed by atoms with van der Waals surface area (Å²) in [5, 5.41) is 5.18. The van der Waals surface area contributed by atoms with Crippen LogP contribution in [0.4, 0.5) is 10.5 Å². The summed E-state index contributed by atoms with van der Waals surface area (Å²) in [4.78, 5) is 61.2. The Morgan fingerprint density at radius 3 is 2.60 bits per heavy atom. The van der Waals surface area contributed by atoms with Crippen LogP contribution in [0, 0.1) is 12.8 Å². The van der Waals surface area contributed by atoms with Crippen LogP contribution >= 0.6 is 0 Å². The van der Waals surface area contributed by atoms with Gasteiger partial charge in [-0.1, -0.05) is 6.07 Å². The predicted octanol–water partition coefficient (Wildman–Crippen LogP) is 0.984. The second kappa shape index (κ2) is 8.13. The number of esters is 2. The molecule has 0 aromatic heterocycles. The number of imide groups is 1. The fourth-order valence-electron chi connectivity index (χ4n) is 3.31. The molecule has 1 aliphatic carbocycles. The summed E-state index contributed by atoms with van der Waals surface area (Å²) in [5.74, 6) is -2.46. The van der Waals surface area contributed by atoms with Crippen LogP contribution in [-0.2, 0) is 23.9 Å². The molecule has 2 fully saturated rings. The highest BCUT2D eigenvalue weighted by atomic mass is 16.5. The molecule has 1 heterocycles. The standard InChI is InChI=1S/C20H23N3O7/c1-11-4-5-12(17(26)29-3)8-14(11)21-15(24)10-30-16(25)9-23-18(27)20(2,13-6-7-13)22-19(23)28/h4-5,8,13H,6-7,9-10H2,1-3H3,(H,21,24)(H,22,28)/t20-/m0/s1. The summed E-state index contributed by atoms with van der Waals surface area (Å²) in [6.45, 7) is 2.20. The Morgan fingerprint density at radius 1 is 1.27 bits per heavy atom. The van der Waals surface area contributed by atoms with Crippen molar-refractivity contribution in [3.63, 3.8) is 0 Å². The zero-order chi connectivity index (χ0) is 22.1. The molecule has 10 nitrogen and oxygen atoms in total. The molecule has 0 bridgehead atoms. The van der Waals surface area contributed by atoms with Gasteiger partial charge in [0.25, 0.3) is 11.8 Å². The van der Waals surface area contributed by atoms with Crippen LogP contribution < -0.4 is 10.6 Å². The van der Waals surface area contributed by atoms with Crippen LogP contribution in [0.25, 0.3) is 0 Å². The van der Waals surface area contributed by atoms with Crippen molar-refractivity contribution in [3.8, 4) is 0 Å². The summed E-state index contributed by atoms with van der Waals surface area (Å²) in [6.07, 6.45) is 1.69. The molecule has 2 aliphatic rings. The van der Waals surface area contributed by atoms with E-state index in [0.29, 0.717) is 11.3 Å². The van der Waals surface area contributed by atoms with Gasteiger partial charge in [0.1, 0.15) is 12.1 Å². The molecule has 4 amide bonds. The Balaban J connectivity index is 1.53. The summed E-state index contributed by atoms with van der Waals surface area (Å²) in [7, 11) is 1.25. The predicted molar refractivity (Wildman–Crippen MR) is 103 cm³/mol. The third-order valence-electron chi connectivity index (χ3n) is 5.28. The number of aryl methyl sites for hydroxylation is 1. The molecule has 2 N–H and O–H groups in total. The van der Waals surface area contributed by atoms with E-state index in [1.54, 1.807) is 26.0 Å².